The van der Waals surface area contributed by atoms with Gasteiger partial charge in [-0.3, -0.25) is 9.59 Å². The number of ether oxygens (including phenoxy) is 4. The molecule has 2 atom stereocenters. The van der Waals surface area contributed by atoms with Gasteiger partial charge < -0.3 is 60.0 Å². The number of benzene rings is 6. The van der Waals surface area contributed by atoms with Crippen LogP contribution in [0.3, 0.4) is 0 Å². The Morgan fingerprint density at radius 2 is 0.944 bits per heavy atom. The first-order valence-corrected chi connectivity index (χ1v) is 23.9. The molecular formula is C54H54Cl2N6O10. The number of para-hydroxylation sites is 4. The molecule has 0 spiro atoms. The van der Waals surface area contributed by atoms with Crippen molar-refractivity contribution in [2.24, 2.45) is 0 Å². The number of hydrogen-bond donors (Lipinski definition) is 8. The summed E-state index contributed by atoms with van der Waals surface area (Å²) < 4.78 is 25.4. The Morgan fingerprint density at radius 3 is 1.35 bits per heavy atom. The third-order valence-electron chi connectivity index (χ3n) is 12.0. The molecule has 2 aromatic heterocycles. The maximum atomic E-state index is 11.1. The van der Waals surface area contributed by atoms with Crippen LogP contribution in [0.4, 0.5) is 0 Å². The summed E-state index contributed by atoms with van der Waals surface area (Å²) in [7, 11) is 0. The van der Waals surface area contributed by atoms with Crippen molar-refractivity contribution in [1.29, 1.82) is 0 Å². The van der Waals surface area contributed by atoms with Crippen molar-refractivity contribution in [2.75, 3.05) is 13.1 Å². The molecule has 0 saturated heterocycles. The smallest absolute Gasteiger partial charge is 0.306 e. The number of hydrogen-bond acceptors (Lipinski definition) is 12. The van der Waals surface area contributed by atoms with E-state index in [-0.39, 0.29) is 65.4 Å². The molecule has 2 heterocycles. The van der Waals surface area contributed by atoms with Crippen LogP contribution in [0.25, 0.3) is 33.2 Å². The Bertz CT molecular complexity index is 2920. The number of aromatic nitrogens is 4. The van der Waals surface area contributed by atoms with Gasteiger partial charge in [0.05, 0.1) is 57.2 Å². The number of aliphatic hydroxyl groups is 2. The quantitative estimate of drug-likeness (QED) is 0.0267. The number of H-pyrrole nitrogens is 2. The average molecular weight is 1020 g/mol. The zero-order valence-corrected chi connectivity index (χ0v) is 41.0. The highest BCUT2D eigenvalue weighted by Crippen LogP contribution is 2.37. The Hall–Kier alpha value is -7.18. The van der Waals surface area contributed by atoms with Gasteiger partial charge in [0.2, 0.25) is 0 Å². The van der Waals surface area contributed by atoms with Crippen molar-refractivity contribution in [2.45, 2.75) is 78.4 Å². The lowest BCUT2D eigenvalue weighted by atomic mass is 9.92. The molecule has 0 bridgehead atoms. The SMILES string of the molecule is Cc1c(COc2cc(OCc3nc4ccccc4[nH]3)c(CNCC(O)CC(=O)O)cc2Cl)cccc1-c1cccc(COc2cc(OCc3nc4ccccc4[nH]3)c(CNCC(O)CC(=O)O)cc2Cl)c1C. The largest absolute Gasteiger partial charge is 0.487 e. The molecule has 6 aromatic carbocycles. The van der Waals surface area contributed by atoms with Crippen LogP contribution >= 0.6 is 23.2 Å². The van der Waals surface area contributed by atoms with Crippen molar-refractivity contribution in [3.05, 3.63) is 164 Å². The van der Waals surface area contributed by atoms with E-state index in [4.69, 9.17) is 52.4 Å². The summed E-state index contributed by atoms with van der Waals surface area (Å²) in [5.74, 6) is 0.792. The van der Waals surface area contributed by atoms with Gasteiger partial charge >= 0.3 is 11.9 Å². The molecular weight excluding hydrogens is 964 g/mol. The van der Waals surface area contributed by atoms with Gasteiger partial charge in [-0.25, -0.2) is 9.97 Å². The normalized spacial score (nSPS) is 12.2. The number of carboxylic acids is 2. The summed E-state index contributed by atoms with van der Waals surface area (Å²) >= 11 is 13.7. The fraction of sp³-hybridized carbons (Fsp3) is 0.259. The van der Waals surface area contributed by atoms with Gasteiger partial charge in [-0.2, -0.15) is 0 Å². The third kappa shape index (κ3) is 13.2. The van der Waals surface area contributed by atoms with Gasteiger partial charge in [0, 0.05) is 49.4 Å². The average Bonchev–Trinajstić information content (AvgIpc) is 3.97. The molecule has 18 heteroatoms. The number of rotatable bonds is 25. The Kier molecular flexibility index (Phi) is 16.9. The fourth-order valence-electron chi connectivity index (χ4n) is 8.23. The number of halogens is 2. The first-order valence-electron chi connectivity index (χ1n) is 23.2. The summed E-state index contributed by atoms with van der Waals surface area (Å²) in [5.41, 5.74) is 10.6. The number of imidazole rings is 2. The van der Waals surface area contributed by atoms with Crippen LogP contribution in [0, 0.1) is 13.8 Å². The minimum Gasteiger partial charge on any atom is -0.487 e. The van der Waals surface area contributed by atoms with Gasteiger partial charge in [0.1, 0.15) is 61.1 Å². The molecule has 0 aliphatic rings. The maximum Gasteiger partial charge on any atom is 0.306 e. The predicted molar refractivity (Wildman–Crippen MR) is 274 cm³/mol. The number of nitrogens with one attached hydrogen (secondary N) is 4. The zero-order valence-electron chi connectivity index (χ0n) is 39.5. The third-order valence-corrected chi connectivity index (χ3v) is 12.6. The van der Waals surface area contributed by atoms with Crippen LogP contribution < -0.4 is 29.6 Å². The van der Waals surface area contributed by atoms with Gasteiger partial charge in [0.25, 0.3) is 0 Å². The van der Waals surface area contributed by atoms with Crippen LogP contribution in [0.1, 0.15) is 57.9 Å². The van der Waals surface area contributed by atoms with Crippen LogP contribution in [0.15, 0.2) is 109 Å². The molecule has 8 aromatic rings. The highest BCUT2D eigenvalue weighted by molar-refractivity contribution is 6.32. The number of carboxylic acid groups (broad SMARTS) is 2. The first-order chi connectivity index (χ1) is 34.8. The van der Waals surface area contributed by atoms with Crippen LogP contribution in [0.2, 0.25) is 10.0 Å². The summed E-state index contributed by atoms with van der Waals surface area (Å²) in [6, 6.07) is 34.4. The minimum absolute atomic E-state index is 0.0487. The van der Waals surface area contributed by atoms with Crippen LogP contribution in [-0.4, -0.2) is 77.6 Å². The van der Waals surface area contributed by atoms with E-state index in [9.17, 15) is 19.8 Å². The Morgan fingerprint density at radius 1 is 0.542 bits per heavy atom. The molecule has 16 nitrogen and oxygen atoms in total. The molecule has 8 N–H and O–H groups in total. The highest BCUT2D eigenvalue weighted by atomic mass is 35.5. The molecule has 72 heavy (non-hydrogen) atoms. The van der Waals surface area contributed by atoms with Crippen molar-refractivity contribution < 1.29 is 49.0 Å². The monoisotopic (exact) mass is 1020 g/mol. The Balaban J connectivity index is 0.970. The molecule has 0 amide bonds. The topological polar surface area (TPSA) is 233 Å². The summed E-state index contributed by atoms with van der Waals surface area (Å²) in [6.07, 6.45) is -2.93. The number of nitrogens with zero attached hydrogens (tertiary/aromatic N) is 2. The summed E-state index contributed by atoms with van der Waals surface area (Å²) in [4.78, 5) is 38.0. The lowest BCUT2D eigenvalue weighted by molar-refractivity contribution is -0.140. The molecule has 0 fully saturated rings. The van der Waals surface area contributed by atoms with Crippen LogP contribution in [-0.2, 0) is 49.1 Å². The number of fused-ring (bicyclic) bond motifs is 2. The molecule has 0 aliphatic carbocycles. The Labute approximate surface area is 424 Å². The van der Waals surface area contributed by atoms with E-state index in [0.717, 1.165) is 55.4 Å². The van der Waals surface area contributed by atoms with E-state index in [1.165, 1.54) is 0 Å². The highest BCUT2D eigenvalue weighted by Gasteiger charge is 2.19. The number of aromatic amines is 2. The first kappa shape index (κ1) is 51.2. The van der Waals surface area contributed by atoms with Gasteiger partial charge in [0.15, 0.2) is 0 Å². The van der Waals surface area contributed by atoms with Crippen LogP contribution in [0.5, 0.6) is 23.0 Å². The van der Waals surface area contributed by atoms with E-state index < -0.39 is 24.1 Å². The van der Waals surface area contributed by atoms with Gasteiger partial charge in [-0.1, -0.05) is 83.9 Å². The second-order valence-corrected chi connectivity index (χ2v) is 18.1. The van der Waals surface area contributed by atoms with E-state index in [2.05, 4.69) is 42.7 Å². The molecule has 0 radical (unpaired) electrons. The number of carbonyl (C=O) groups is 2. The minimum atomic E-state index is -1.09. The van der Waals surface area contributed by atoms with Crippen molar-refractivity contribution in [1.82, 2.24) is 30.6 Å². The molecule has 0 aliphatic heterocycles. The van der Waals surface area contributed by atoms with Gasteiger partial charge in [-0.15, -0.1) is 0 Å². The molecule has 2 unspecified atom stereocenters. The number of aliphatic hydroxyl groups excluding tert-OH is 2. The van der Waals surface area contributed by atoms with E-state index in [1.54, 1.807) is 24.3 Å². The maximum absolute atomic E-state index is 11.1. The van der Waals surface area contributed by atoms with E-state index in [0.29, 0.717) is 55.8 Å². The second-order valence-electron chi connectivity index (χ2n) is 17.3. The summed E-state index contributed by atoms with van der Waals surface area (Å²) in [6.45, 7) is 5.29. The summed E-state index contributed by atoms with van der Waals surface area (Å²) in [5, 5.41) is 45.3. The van der Waals surface area contributed by atoms with E-state index in [1.807, 2.05) is 86.6 Å². The predicted octanol–water partition coefficient (Wildman–Crippen LogP) is 9.20. The zero-order chi connectivity index (χ0) is 50.7. The molecule has 8 rings (SSSR count). The molecule has 0 saturated carbocycles. The second kappa shape index (κ2) is 23.8. The molecule has 374 valence electrons. The van der Waals surface area contributed by atoms with Crippen molar-refractivity contribution >= 4 is 57.2 Å². The number of aliphatic carboxylic acids is 2. The van der Waals surface area contributed by atoms with E-state index >= 15 is 0 Å². The standard InChI is InChI=1S/C54H54Cl2N6O10/c1-31-33(27-69-49-21-47(71-29-51-59-43-13-3-4-14-44(43)60-51)35(17-41(49)55)23-57-25-37(63)19-53(65)66)9-7-11-39(31)40-12-8-10-34(32(40)2)28-70-50-22-48(72-30-52-61-45-15-5-6-16-46(45)62-52)36(18-42(50)56)24-58-26-38(64)20-54(67)68/h3-18,21-22,37-38,57-58,63-64H,19-20,23-30H2,1-2H3,(H,59,60)(H,61,62)(H,65,66)(H,67,68). The van der Waals surface area contributed by atoms with Gasteiger partial charge in [-0.05, 0) is 83.6 Å². The lowest BCUT2D eigenvalue weighted by Crippen LogP contribution is -2.28. The van der Waals surface area contributed by atoms with Crippen molar-refractivity contribution in [3.63, 3.8) is 0 Å². The fourth-order valence-corrected chi connectivity index (χ4v) is 8.71. The van der Waals surface area contributed by atoms with Crippen molar-refractivity contribution in [3.8, 4) is 34.1 Å². The lowest BCUT2D eigenvalue weighted by Gasteiger charge is -2.19.